The summed E-state index contributed by atoms with van der Waals surface area (Å²) in [5.41, 5.74) is 0. The van der Waals surface area contributed by atoms with Gasteiger partial charge < -0.3 is 10.2 Å². The van der Waals surface area contributed by atoms with Crippen molar-refractivity contribution in [3.05, 3.63) is 0 Å². The molecule has 0 saturated carbocycles. The number of piperidine rings is 1. The van der Waals surface area contributed by atoms with Gasteiger partial charge in [0.2, 0.25) is 5.91 Å². The van der Waals surface area contributed by atoms with Crippen LogP contribution in [0.3, 0.4) is 0 Å². The first-order chi connectivity index (χ1) is 8.31. The summed E-state index contributed by atoms with van der Waals surface area (Å²) in [6, 6.07) is 0.643. The molecule has 0 aliphatic carbocycles. The maximum atomic E-state index is 11.8. The molecule has 98 valence electrons. The van der Waals surface area contributed by atoms with Gasteiger partial charge in [-0.3, -0.25) is 4.79 Å². The summed E-state index contributed by atoms with van der Waals surface area (Å²) < 4.78 is 0. The summed E-state index contributed by atoms with van der Waals surface area (Å²) in [4.78, 5) is 13.9. The van der Waals surface area contributed by atoms with Gasteiger partial charge in [-0.15, -0.1) is 11.8 Å². The number of amides is 1. The molecule has 0 aromatic heterocycles. The van der Waals surface area contributed by atoms with E-state index in [9.17, 15) is 4.79 Å². The topological polar surface area (TPSA) is 32.3 Å². The van der Waals surface area contributed by atoms with Crippen LogP contribution in [0.15, 0.2) is 0 Å². The molecule has 2 fully saturated rings. The summed E-state index contributed by atoms with van der Waals surface area (Å²) in [6.07, 6.45) is 7.39. The summed E-state index contributed by atoms with van der Waals surface area (Å²) >= 11 is 1.83. The molecule has 2 atom stereocenters. The third-order valence-corrected chi connectivity index (χ3v) is 5.02. The normalized spacial score (nSPS) is 29.9. The van der Waals surface area contributed by atoms with Crippen molar-refractivity contribution in [2.45, 2.75) is 56.9 Å². The first-order valence-electron chi connectivity index (χ1n) is 6.95. The molecule has 1 amide bonds. The minimum Gasteiger partial charge on any atom is -0.330 e. The van der Waals surface area contributed by atoms with E-state index >= 15 is 0 Å². The zero-order valence-electron chi connectivity index (χ0n) is 10.8. The monoisotopic (exact) mass is 256 g/mol. The Bertz CT molecular complexity index is 254. The van der Waals surface area contributed by atoms with Crippen molar-refractivity contribution >= 4 is 17.7 Å². The van der Waals surface area contributed by atoms with Gasteiger partial charge >= 0.3 is 0 Å². The lowest BCUT2D eigenvalue weighted by Crippen LogP contribution is -2.40. The second kappa shape index (κ2) is 6.64. The Morgan fingerprint density at radius 1 is 1.41 bits per heavy atom. The predicted octanol–water partition coefficient (Wildman–Crippen LogP) is 2.22. The van der Waals surface area contributed by atoms with Crippen LogP contribution < -0.4 is 5.32 Å². The highest BCUT2D eigenvalue weighted by molar-refractivity contribution is 8.00. The lowest BCUT2D eigenvalue weighted by Gasteiger charge is -2.28. The third kappa shape index (κ3) is 3.62. The van der Waals surface area contributed by atoms with Crippen LogP contribution in [-0.2, 0) is 4.79 Å². The fraction of sp³-hybridized carbons (Fsp3) is 0.923. The predicted molar refractivity (Wildman–Crippen MR) is 73.1 cm³/mol. The molecule has 3 nitrogen and oxygen atoms in total. The summed E-state index contributed by atoms with van der Waals surface area (Å²) in [5, 5.41) is 4.01. The average Bonchev–Trinajstić information content (AvgIpc) is 2.70. The van der Waals surface area contributed by atoms with Gasteiger partial charge in [0.15, 0.2) is 0 Å². The first-order valence-corrected chi connectivity index (χ1v) is 8.00. The fourth-order valence-electron chi connectivity index (χ4n) is 2.72. The first kappa shape index (κ1) is 13.2. The van der Waals surface area contributed by atoms with Crippen LogP contribution >= 0.6 is 11.8 Å². The molecule has 2 rings (SSSR count). The van der Waals surface area contributed by atoms with Crippen molar-refractivity contribution in [2.75, 3.05) is 18.8 Å². The Kier molecular flexibility index (Phi) is 5.16. The van der Waals surface area contributed by atoms with Crippen molar-refractivity contribution in [3.63, 3.8) is 0 Å². The lowest BCUT2D eigenvalue weighted by molar-refractivity contribution is -0.128. The van der Waals surface area contributed by atoms with Crippen molar-refractivity contribution in [2.24, 2.45) is 0 Å². The van der Waals surface area contributed by atoms with Crippen LogP contribution in [0.2, 0.25) is 0 Å². The Morgan fingerprint density at radius 2 is 2.29 bits per heavy atom. The number of nitrogens with zero attached hydrogens (tertiary/aromatic N) is 1. The largest absolute Gasteiger partial charge is 0.330 e. The molecule has 2 unspecified atom stereocenters. The molecule has 2 aliphatic heterocycles. The number of nitrogens with one attached hydrogen (secondary N) is 1. The van der Waals surface area contributed by atoms with Crippen LogP contribution in [0.25, 0.3) is 0 Å². The Balaban J connectivity index is 1.77. The zero-order chi connectivity index (χ0) is 12.1. The van der Waals surface area contributed by atoms with Gasteiger partial charge in [0.05, 0.1) is 11.1 Å². The molecule has 0 radical (unpaired) electrons. The van der Waals surface area contributed by atoms with E-state index < -0.39 is 0 Å². The standard InChI is InChI=1S/C13H24N2OS/c1-2-5-13-15(12(16)10-17-13)9-7-11-6-3-4-8-14-11/h11,13-14H,2-10H2,1H3. The minimum atomic E-state index is 0.351. The van der Waals surface area contributed by atoms with E-state index in [4.69, 9.17) is 0 Å². The molecule has 4 heteroatoms. The fourth-order valence-corrected chi connectivity index (χ4v) is 4.03. The van der Waals surface area contributed by atoms with Gasteiger partial charge in [0, 0.05) is 12.6 Å². The van der Waals surface area contributed by atoms with Crippen LogP contribution in [-0.4, -0.2) is 41.1 Å². The maximum absolute atomic E-state index is 11.8. The van der Waals surface area contributed by atoms with Crippen molar-refractivity contribution in [1.29, 1.82) is 0 Å². The molecular weight excluding hydrogens is 232 g/mol. The molecule has 1 N–H and O–H groups in total. The number of hydrogen-bond acceptors (Lipinski definition) is 3. The van der Waals surface area contributed by atoms with Gasteiger partial charge in [-0.2, -0.15) is 0 Å². The maximum Gasteiger partial charge on any atom is 0.233 e. The molecule has 0 aromatic rings. The Hall–Kier alpha value is -0.220. The van der Waals surface area contributed by atoms with Crippen molar-refractivity contribution in [3.8, 4) is 0 Å². The third-order valence-electron chi connectivity index (χ3n) is 3.73. The smallest absolute Gasteiger partial charge is 0.233 e. The van der Waals surface area contributed by atoms with Gasteiger partial charge in [-0.1, -0.05) is 19.8 Å². The SMILES string of the molecule is CCCC1SCC(=O)N1CCC1CCCCN1. The number of carbonyl (C=O) groups excluding carboxylic acids is 1. The quantitative estimate of drug-likeness (QED) is 0.818. The van der Waals surface area contributed by atoms with E-state index in [1.165, 1.54) is 25.7 Å². The van der Waals surface area contributed by atoms with Crippen LogP contribution in [0.4, 0.5) is 0 Å². The molecule has 2 saturated heterocycles. The van der Waals surface area contributed by atoms with E-state index in [0.717, 1.165) is 25.9 Å². The van der Waals surface area contributed by atoms with Crippen molar-refractivity contribution < 1.29 is 4.79 Å². The van der Waals surface area contributed by atoms with Gasteiger partial charge in [-0.05, 0) is 32.2 Å². The molecular formula is C13H24N2OS. The van der Waals surface area contributed by atoms with E-state index in [1.807, 2.05) is 11.8 Å². The van der Waals surface area contributed by atoms with Crippen LogP contribution in [0.5, 0.6) is 0 Å². The van der Waals surface area contributed by atoms with Crippen LogP contribution in [0, 0.1) is 0 Å². The number of hydrogen-bond donors (Lipinski definition) is 1. The number of rotatable bonds is 5. The molecule has 2 heterocycles. The van der Waals surface area contributed by atoms with E-state index in [2.05, 4.69) is 17.1 Å². The highest BCUT2D eigenvalue weighted by atomic mass is 32.2. The molecule has 0 bridgehead atoms. The second-order valence-corrected chi connectivity index (χ2v) is 6.24. The number of carbonyl (C=O) groups is 1. The molecule has 2 aliphatic rings. The van der Waals surface area contributed by atoms with Crippen molar-refractivity contribution in [1.82, 2.24) is 10.2 Å². The summed E-state index contributed by atoms with van der Waals surface area (Å²) in [6.45, 7) is 4.31. The lowest BCUT2D eigenvalue weighted by atomic mass is 10.0. The molecule has 0 spiro atoms. The molecule has 17 heavy (non-hydrogen) atoms. The number of thioether (sulfide) groups is 1. The average molecular weight is 256 g/mol. The van der Waals surface area contributed by atoms with Crippen LogP contribution in [0.1, 0.15) is 45.4 Å². The van der Waals surface area contributed by atoms with E-state index in [0.29, 0.717) is 23.1 Å². The highest BCUT2D eigenvalue weighted by Crippen LogP contribution is 2.28. The van der Waals surface area contributed by atoms with E-state index in [1.54, 1.807) is 0 Å². The summed E-state index contributed by atoms with van der Waals surface area (Å²) in [7, 11) is 0. The summed E-state index contributed by atoms with van der Waals surface area (Å²) in [5.74, 6) is 1.05. The highest BCUT2D eigenvalue weighted by Gasteiger charge is 2.30. The van der Waals surface area contributed by atoms with Gasteiger partial charge in [0.25, 0.3) is 0 Å². The Labute approximate surface area is 109 Å². The van der Waals surface area contributed by atoms with Gasteiger partial charge in [0.1, 0.15) is 0 Å². The zero-order valence-corrected chi connectivity index (χ0v) is 11.6. The van der Waals surface area contributed by atoms with Gasteiger partial charge in [-0.25, -0.2) is 0 Å². The van der Waals surface area contributed by atoms with E-state index in [-0.39, 0.29) is 0 Å². The molecule has 0 aromatic carbocycles. The minimum absolute atomic E-state index is 0.351. The second-order valence-electron chi connectivity index (χ2n) is 5.08. The Morgan fingerprint density at radius 3 is 3.00 bits per heavy atom.